The van der Waals surface area contributed by atoms with E-state index in [2.05, 4.69) is 9.80 Å². The number of likely N-dealkylation sites (tertiary alicyclic amines) is 2. The Labute approximate surface area is 152 Å². The van der Waals surface area contributed by atoms with Crippen LogP contribution in [0.3, 0.4) is 0 Å². The lowest BCUT2D eigenvalue weighted by molar-refractivity contribution is -0.133. The minimum absolute atomic E-state index is 0.295. The first-order valence-corrected chi connectivity index (χ1v) is 10.1. The van der Waals surface area contributed by atoms with Crippen molar-refractivity contribution in [2.75, 3.05) is 38.5 Å². The third-order valence-electron chi connectivity index (χ3n) is 5.75. The molecule has 0 saturated carbocycles. The van der Waals surface area contributed by atoms with Crippen molar-refractivity contribution in [3.8, 4) is 0 Å². The Morgan fingerprint density at radius 1 is 1.04 bits per heavy atom. The van der Waals surface area contributed by atoms with Crippen molar-refractivity contribution >= 4 is 11.6 Å². The van der Waals surface area contributed by atoms with Crippen molar-refractivity contribution in [1.29, 1.82) is 0 Å². The number of para-hydroxylation sites is 1. The molecule has 2 heterocycles. The maximum Gasteiger partial charge on any atom is 0.222 e. The molecule has 0 aliphatic carbocycles. The molecule has 0 spiro atoms. The van der Waals surface area contributed by atoms with E-state index in [1.165, 1.54) is 51.7 Å². The highest BCUT2D eigenvalue weighted by Gasteiger charge is 2.25. The average molecular weight is 344 g/mol. The van der Waals surface area contributed by atoms with Crippen molar-refractivity contribution < 1.29 is 4.79 Å². The Kier molecular flexibility index (Phi) is 6.74. The normalized spacial score (nSPS) is 22.6. The largest absolute Gasteiger partial charge is 0.399 e. The molecule has 1 atom stereocenters. The molecule has 4 heteroatoms. The third kappa shape index (κ3) is 5.46. The number of piperidine rings is 1. The summed E-state index contributed by atoms with van der Waals surface area (Å²) in [6, 6.07) is 7.88. The zero-order valence-electron chi connectivity index (χ0n) is 15.5. The van der Waals surface area contributed by atoms with Crippen LogP contribution in [0.15, 0.2) is 24.3 Å². The van der Waals surface area contributed by atoms with Crippen molar-refractivity contribution in [3.05, 3.63) is 29.8 Å². The summed E-state index contributed by atoms with van der Waals surface area (Å²) in [5.74, 6) is 0.946. The highest BCUT2D eigenvalue weighted by Crippen LogP contribution is 2.21. The second-order valence-corrected chi connectivity index (χ2v) is 7.76. The van der Waals surface area contributed by atoms with Crippen LogP contribution in [0.5, 0.6) is 0 Å². The molecule has 3 rings (SSSR count). The molecule has 1 aromatic rings. The van der Waals surface area contributed by atoms with Gasteiger partial charge in [-0.3, -0.25) is 4.79 Å². The number of carbonyl (C=O) groups excluding carboxylic acids is 1. The van der Waals surface area contributed by atoms with Gasteiger partial charge in [0.15, 0.2) is 0 Å². The van der Waals surface area contributed by atoms with E-state index in [9.17, 15) is 4.79 Å². The van der Waals surface area contributed by atoms with Gasteiger partial charge < -0.3 is 15.5 Å². The molecule has 2 saturated heterocycles. The summed E-state index contributed by atoms with van der Waals surface area (Å²) in [5.41, 5.74) is 7.88. The molecule has 25 heavy (non-hydrogen) atoms. The van der Waals surface area contributed by atoms with Gasteiger partial charge in [0.2, 0.25) is 5.91 Å². The molecular formula is C21H33N3O. The standard InChI is InChI=1S/C21H33N3O/c22-20-10-4-3-9-19(20)11-12-21(25)24-15-7-8-18(17-24)16-23-13-5-1-2-6-14-23/h3-4,9-10,18H,1-2,5-8,11-17,22H2. The fourth-order valence-corrected chi connectivity index (χ4v) is 4.29. The second-order valence-electron chi connectivity index (χ2n) is 7.76. The smallest absolute Gasteiger partial charge is 0.222 e. The van der Waals surface area contributed by atoms with Crippen LogP contribution in [0, 0.1) is 5.92 Å². The maximum atomic E-state index is 12.6. The summed E-state index contributed by atoms with van der Waals surface area (Å²) >= 11 is 0. The van der Waals surface area contributed by atoms with Crippen molar-refractivity contribution in [3.63, 3.8) is 0 Å². The van der Waals surface area contributed by atoms with E-state index in [0.29, 0.717) is 18.2 Å². The quantitative estimate of drug-likeness (QED) is 0.835. The molecule has 0 bridgehead atoms. The number of aryl methyl sites for hydroxylation is 1. The number of carbonyl (C=O) groups is 1. The Bertz CT molecular complexity index is 552. The van der Waals surface area contributed by atoms with Crippen molar-refractivity contribution in [1.82, 2.24) is 9.80 Å². The van der Waals surface area contributed by atoms with Crippen molar-refractivity contribution in [2.24, 2.45) is 5.92 Å². The second kappa shape index (κ2) is 9.23. The molecule has 4 nitrogen and oxygen atoms in total. The first-order chi connectivity index (χ1) is 12.2. The summed E-state index contributed by atoms with van der Waals surface area (Å²) in [7, 11) is 0. The number of hydrogen-bond acceptors (Lipinski definition) is 3. The van der Waals surface area contributed by atoms with Gasteiger partial charge in [0.1, 0.15) is 0 Å². The lowest BCUT2D eigenvalue weighted by Crippen LogP contribution is -2.44. The fourth-order valence-electron chi connectivity index (χ4n) is 4.29. The highest BCUT2D eigenvalue weighted by atomic mass is 16.2. The molecule has 0 radical (unpaired) electrons. The van der Waals surface area contributed by atoms with Gasteiger partial charge in [-0.15, -0.1) is 0 Å². The average Bonchev–Trinajstić information content (AvgIpc) is 2.90. The van der Waals surface area contributed by atoms with Gasteiger partial charge in [-0.25, -0.2) is 0 Å². The molecule has 2 aliphatic rings. The number of nitrogens with two attached hydrogens (primary N) is 1. The molecule has 138 valence electrons. The zero-order chi connectivity index (χ0) is 17.5. The molecule has 0 aromatic heterocycles. The van der Waals surface area contributed by atoms with Crippen LogP contribution >= 0.6 is 0 Å². The molecule has 2 fully saturated rings. The lowest BCUT2D eigenvalue weighted by atomic mass is 9.96. The van der Waals surface area contributed by atoms with E-state index in [0.717, 1.165) is 37.2 Å². The Morgan fingerprint density at radius 3 is 2.56 bits per heavy atom. The number of anilines is 1. The van der Waals surface area contributed by atoms with Gasteiger partial charge >= 0.3 is 0 Å². The van der Waals surface area contributed by atoms with Crippen LogP contribution in [0.1, 0.15) is 50.5 Å². The van der Waals surface area contributed by atoms with Gasteiger partial charge in [-0.1, -0.05) is 31.0 Å². The topological polar surface area (TPSA) is 49.6 Å². The van der Waals surface area contributed by atoms with Gasteiger partial charge in [0.05, 0.1) is 0 Å². The van der Waals surface area contributed by atoms with Crippen LogP contribution in [-0.4, -0.2) is 48.4 Å². The van der Waals surface area contributed by atoms with Gasteiger partial charge in [0, 0.05) is 31.7 Å². The lowest BCUT2D eigenvalue weighted by Gasteiger charge is -2.35. The van der Waals surface area contributed by atoms with Gasteiger partial charge in [-0.2, -0.15) is 0 Å². The molecule has 1 amide bonds. The first kappa shape index (κ1) is 18.2. The summed E-state index contributed by atoms with van der Waals surface area (Å²) < 4.78 is 0. The fraction of sp³-hybridized carbons (Fsp3) is 0.667. The van der Waals surface area contributed by atoms with Crippen LogP contribution in [0.4, 0.5) is 5.69 Å². The SMILES string of the molecule is Nc1ccccc1CCC(=O)N1CCCC(CN2CCCCCC2)C1. The van der Waals surface area contributed by atoms with E-state index < -0.39 is 0 Å². The Hall–Kier alpha value is -1.55. The van der Waals surface area contributed by atoms with Crippen molar-refractivity contribution in [2.45, 2.75) is 51.4 Å². The predicted octanol–water partition coefficient (Wildman–Crippen LogP) is 3.32. The third-order valence-corrected chi connectivity index (χ3v) is 5.75. The van der Waals surface area contributed by atoms with E-state index in [1.54, 1.807) is 0 Å². The number of nitrogens with zero attached hydrogens (tertiary/aromatic N) is 2. The summed E-state index contributed by atoms with van der Waals surface area (Å²) in [6.07, 6.45) is 9.19. The van der Waals surface area contributed by atoms with E-state index in [-0.39, 0.29) is 0 Å². The minimum atomic E-state index is 0.295. The molecule has 1 aromatic carbocycles. The Morgan fingerprint density at radius 2 is 1.80 bits per heavy atom. The predicted molar refractivity (Wildman–Crippen MR) is 103 cm³/mol. The van der Waals surface area contributed by atoms with Gasteiger partial charge in [0.25, 0.3) is 0 Å². The van der Waals surface area contributed by atoms with E-state index in [4.69, 9.17) is 5.73 Å². The number of nitrogen functional groups attached to an aromatic ring is 1. The minimum Gasteiger partial charge on any atom is -0.399 e. The number of hydrogen-bond donors (Lipinski definition) is 1. The molecular weight excluding hydrogens is 310 g/mol. The number of amides is 1. The van der Waals surface area contributed by atoms with E-state index in [1.807, 2.05) is 24.3 Å². The van der Waals surface area contributed by atoms with E-state index >= 15 is 0 Å². The maximum absolute atomic E-state index is 12.6. The van der Waals surface area contributed by atoms with Crippen LogP contribution in [0.2, 0.25) is 0 Å². The molecule has 1 unspecified atom stereocenters. The number of benzene rings is 1. The Balaban J connectivity index is 1.47. The zero-order valence-corrected chi connectivity index (χ0v) is 15.5. The number of rotatable bonds is 5. The van der Waals surface area contributed by atoms with Crippen LogP contribution in [-0.2, 0) is 11.2 Å². The monoisotopic (exact) mass is 343 g/mol. The highest BCUT2D eigenvalue weighted by molar-refractivity contribution is 5.76. The summed E-state index contributed by atoms with van der Waals surface area (Å²) in [6.45, 7) is 5.55. The molecule has 2 aliphatic heterocycles. The first-order valence-electron chi connectivity index (χ1n) is 10.1. The summed E-state index contributed by atoms with van der Waals surface area (Å²) in [5, 5.41) is 0. The van der Waals surface area contributed by atoms with Gasteiger partial charge in [-0.05, 0) is 62.7 Å². The summed E-state index contributed by atoms with van der Waals surface area (Å²) in [4.78, 5) is 17.4. The van der Waals surface area contributed by atoms with Crippen LogP contribution in [0.25, 0.3) is 0 Å². The molecule has 2 N–H and O–H groups in total. The van der Waals surface area contributed by atoms with Crippen LogP contribution < -0.4 is 5.73 Å².